The Morgan fingerprint density at radius 3 is 2.15 bits per heavy atom. The van der Waals surface area contributed by atoms with Crippen LogP contribution >= 0.6 is 0 Å². The minimum atomic E-state index is 0.810. The van der Waals surface area contributed by atoms with E-state index in [1.54, 1.807) is 0 Å². The van der Waals surface area contributed by atoms with Gasteiger partial charge in [0.25, 0.3) is 0 Å². The Balaban J connectivity index is 1.67. The van der Waals surface area contributed by atoms with Crippen LogP contribution in [-0.4, -0.2) is 28.0 Å². The fourth-order valence-electron chi connectivity index (χ4n) is 2.73. The molecule has 0 unspecified atom stereocenters. The summed E-state index contributed by atoms with van der Waals surface area (Å²) < 4.78 is 0. The Kier molecular flexibility index (Phi) is 4.38. The number of hydrogen-bond acceptors (Lipinski definition) is 3. The Hall–Kier alpha value is -1.74. The standard InChI is InChI=1S/C17H21N3/c1-2-7-11-20(10-6-1)14-15-12-18-17(19-13-15)16-8-4-3-5-9-16/h3-5,8-9,12-13H,1-2,6-7,10-11,14H2. The monoisotopic (exact) mass is 267 g/mol. The molecular formula is C17H21N3. The molecule has 0 N–H and O–H groups in total. The number of rotatable bonds is 3. The van der Waals surface area contributed by atoms with Crippen molar-refractivity contribution >= 4 is 0 Å². The lowest BCUT2D eigenvalue weighted by molar-refractivity contribution is 0.276. The summed E-state index contributed by atoms with van der Waals surface area (Å²) in [4.78, 5) is 11.5. The Bertz CT molecular complexity index is 514. The number of aromatic nitrogens is 2. The van der Waals surface area contributed by atoms with Crippen LogP contribution in [0.3, 0.4) is 0 Å². The molecule has 1 aliphatic heterocycles. The summed E-state index contributed by atoms with van der Waals surface area (Å²) in [6, 6.07) is 10.1. The highest BCUT2D eigenvalue weighted by molar-refractivity contribution is 5.53. The van der Waals surface area contributed by atoms with Crippen LogP contribution in [0.15, 0.2) is 42.7 Å². The Morgan fingerprint density at radius 1 is 0.850 bits per heavy atom. The molecule has 0 bridgehead atoms. The summed E-state index contributed by atoms with van der Waals surface area (Å²) in [5.41, 5.74) is 2.29. The number of likely N-dealkylation sites (tertiary alicyclic amines) is 1. The van der Waals surface area contributed by atoms with Crippen LogP contribution in [0.2, 0.25) is 0 Å². The van der Waals surface area contributed by atoms with E-state index in [9.17, 15) is 0 Å². The van der Waals surface area contributed by atoms with Gasteiger partial charge in [-0.2, -0.15) is 0 Å². The van der Waals surface area contributed by atoms with Gasteiger partial charge in [0.2, 0.25) is 0 Å². The molecule has 3 heteroatoms. The van der Waals surface area contributed by atoms with E-state index >= 15 is 0 Å². The van der Waals surface area contributed by atoms with E-state index in [1.165, 1.54) is 44.3 Å². The third kappa shape index (κ3) is 3.42. The van der Waals surface area contributed by atoms with E-state index in [0.717, 1.165) is 17.9 Å². The topological polar surface area (TPSA) is 29.0 Å². The van der Waals surface area contributed by atoms with Crippen molar-refractivity contribution in [3.05, 3.63) is 48.3 Å². The molecule has 20 heavy (non-hydrogen) atoms. The van der Waals surface area contributed by atoms with Crippen molar-refractivity contribution in [2.24, 2.45) is 0 Å². The van der Waals surface area contributed by atoms with Gasteiger partial charge in [-0.1, -0.05) is 43.2 Å². The molecule has 2 heterocycles. The number of benzene rings is 1. The minimum Gasteiger partial charge on any atom is -0.299 e. The quantitative estimate of drug-likeness (QED) is 0.852. The van der Waals surface area contributed by atoms with Crippen LogP contribution in [0.5, 0.6) is 0 Å². The fourth-order valence-corrected chi connectivity index (χ4v) is 2.73. The molecule has 0 aliphatic carbocycles. The molecule has 1 fully saturated rings. The maximum absolute atomic E-state index is 4.50. The predicted molar refractivity (Wildman–Crippen MR) is 81.2 cm³/mol. The summed E-state index contributed by atoms with van der Waals surface area (Å²) in [5, 5.41) is 0. The van der Waals surface area contributed by atoms with E-state index in [4.69, 9.17) is 0 Å². The van der Waals surface area contributed by atoms with Crippen molar-refractivity contribution in [2.45, 2.75) is 32.2 Å². The zero-order valence-electron chi connectivity index (χ0n) is 11.8. The highest BCUT2D eigenvalue weighted by Gasteiger charge is 2.10. The first-order chi connectivity index (χ1) is 9.92. The van der Waals surface area contributed by atoms with Crippen molar-refractivity contribution in [1.29, 1.82) is 0 Å². The first-order valence-electron chi connectivity index (χ1n) is 7.50. The summed E-state index contributed by atoms with van der Waals surface area (Å²) in [6.07, 6.45) is 9.34. The first-order valence-corrected chi connectivity index (χ1v) is 7.50. The fraction of sp³-hybridized carbons (Fsp3) is 0.412. The molecule has 2 aromatic rings. The Morgan fingerprint density at radius 2 is 1.50 bits per heavy atom. The molecule has 0 saturated carbocycles. The van der Waals surface area contributed by atoms with E-state index in [-0.39, 0.29) is 0 Å². The van der Waals surface area contributed by atoms with Gasteiger partial charge in [0.1, 0.15) is 0 Å². The van der Waals surface area contributed by atoms with Crippen molar-refractivity contribution in [1.82, 2.24) is 14.9 Å². The molecule has 0 atom stereocenters. The van der Waals surface area contributed by atoms with Crippen molar-refractivity contribution in [3.8, 4) is 11.4 Å². The molecular weight excluding hydrogens is 246 g/mol. The van der Waals surface area contributed by atoms with Crippen LogP contribution in [0.4, 0.5) is 0 Å². The Labute approximate surface area is 120 Å². The summed E-state index contributed by atoms with van der Waals surface area (Å²) in [6.45, 7) is 3.40. The van der Waals surface area contributed by atoms with Gasteiger partial charge in [0.05, 0.1) is 0 Å². The maximum atomic E-state index is 4.50. The van der Waals surface area contributed by atoms with Gasteiger partial charge in [-0.3, -0.25) is 4.90 Å². The zero-order valence-corrected chi connectivity index (χ0v) is 11.8. The van der Waals surface area contributed by atoms with Crippen molar-refractivity contribution < 1.29 is 0 Å². The summed E-state index contributed by atoms with van der Waals surface area (Å²) in [7, 11) is 0. The lowest BCUT2D eigenvalue weighted by Gasteiger charge is -2.19. The van der Waals surface area contributed by atoms with Gasteiger partial charge in [-0.05, 0) is 25.9 Å². The molecule has 3 rings (SSSR count). The van der Waals surface area contributed by atoms with E-state index < -0.39 is 0 Å². The first kappa shape index (κ1) is 13.3. The molecule has 0 radical (unpaired) electrons. The van der Waals surface area contributed by atoms with Gasteiger partial charge in [-0.25, -0.2) is 9.97 Å². The van der Waals surface area contributed by atoms with Crippen LogP contribution in [0.25, 0.3) is 11.4 Å². The lowest BCUT2D eigenvalue weighted by Crippen LogP contribution is -2.24. The average Bonchev–Trinajstić information content (AvgIpc) is 2.78. The molecule has 3 nitrogen and oxygen atoms in total. The van der Waals surface area contributed by atoms with Gasteiger partial charge in [0.15, 0.2) is 5.82 Å². The lowest BCUT2D eigenvalue weighted by atomic mass is 10.2. The predicted octanol–water partition coefficient (Wildman–Crippen LogP) is 3.52. The number of hydrogen-bond donors (Lipinski definition) is 0. The number of nitrogens with zero attached hydrogens (tertiary/aromatic N) is 3. The van der Waals surface area contributed by atoms with Gasteiger partial charge in [0, 0.05) is 30.1 Å². The molecule has 0 spiro atoms. The van der Waals surface area contributed by atoms with E-state index in [1.807, 2.05) is 42.7 Å². The van der Waals surface area contributed by atoms with Gasteiger partial charge in [-0.15, -0.1) is 0 Å². The third-order valence-corrected chi connectivity index (χ3v) is 3.84. The van der Waals surface area contributed by atoms with E-state index in [2.05, 4.69) is 14.9 Å². The highest BCUT2D eigenvalue weighted by Crippen LogP contribution is 2.15. The molecule has 1 aromatic heterocycles. The SMILES string of the molecule is c1ccc(-c2ncc(CN3CCCCCC3)cn2)cc1. The van der Waals surface area contributed by atoms with Crippen LogP contribution in [0, 0.1) is 0 Å². The van der Waals surface area contributed by atoms with Crippen molar-refractivity contribution in [2.75, 3.05) is 13.1 Å². The second-order valence-corrected chi connectivity index (χ2v) is 5.47. The van der Waals surface area contributed by atoms with Crippen LogP contribution in [-0.2, 0) is 6.54 Å². The molecule has 1 saturated heterocycles. The summed E-state index contributed by atoms with van der Waals surface area (Å²) in [5.74, 6) is 0.810. The second-order valence-electron chi connectivity index (χ2n) is 5.47. The highest BCUT2D eigenvalue weighted by atomic mass is 15.1. The smallest absolute Gasteiger partial charge is 0.159 e. The van der Waals surface area contributed by atoms with E-state index in [0.29, 0.717) is 0 Å². The molecule has 104 valence electrons. The van der Waals surface area contributed by atoms with Crippen molar-refractivity contribution in [3.63, 3.8) is 0 Å². The van der Waals surface area contributed by atoms with Gasteiger partial charge < -0.3 is 0 Å². The molecule has 1 aliphatic rings. The van der Waals surface area contributed by atoms with Crippen LogP contribution in [0.1, 0.15) is 31.2 Å². The largest absolute Gasteiger partial charge is 0.299 e. The normalized spacial score (nSPS) is 16.8. The summed E-state index contributed by atoms with van der Waals surface area (Å²) >= 11 is 0. The maximum Gasteiger partial charge on any atom is 0.159 e. The average molecular weight is 267 g/mol. The molecule has 0 amide bonds. The minimum absolute atomic E-state index is 0.810. The zero-order chi connectivity index (χ0) is 13.6. The third-order valence-electron chi connectivity index (χ3n) is 3.84. The van der Waals surface area contributed by atoms with Crippen LogP contribution < -0.4 is 0 Å². The molecule has 1 aromatic carbocycles. The van der Waals surface area contributed by atoms with Gasteiger partial charge >= 0.3 is 0 Å². The second kappa shape index (κ2) is 6.62.